The molecule has 2 heterocycles. The Kier molecular flexibility index (Phi) is 5.68. The Bertz CT molecular complexity index is 965. The third-order valence-electron chi connectivity index (χ3n) is 5.77. The third-order valence-corrected chi connectivity index (χ3v) is 5.77. The predicted molar refractivity (Wildman–Crippen MR) is 106 cm³/mol. The van der Waals surface area contributed by atoms with Gasteiger partial charge in [-0.25, -0.2) is 8.78 Å². The largest absolute Gasteiger partial charge is 0.450 e. The van der Waals surface area contributed by atoms with Gasteiger partial charge in [0.1, 0.15) is 0 Å². The van der Waals surface area contributed by atoms with Crippen LogP contribution in [0.5, 0.6) is 11.5 Å². The molecule has 0 saturated heterocycles. The van der Waals surface area contributed by atoms with Gasteiger partial charge in [-0.15, -0.1) is 0 Å². The van der Waals surface area contributed by atoms with Gasteiger partial charge in [-0.3, -0.25) is 0 Å². The summed E-state index contributed by atoms with van der Waals surface area (Å²) in [4.78, 5) is 0. The zero-order valence-corrected chi connectivity index (χ0v) is 16.8. The monoisotopic (exact) mass is 402 g/mol. The van der Waals surface area contributed by atoms with Crippen molar-refractivity contribution < 1.29 is 22.6 Å². The topological polar surface area (TPSA) is 18.5 Å². The van der Waals surface area contributed by atoms with Crippen LogP contribution < -0.4 is 4.74 Å². The summed E-state index contributed by atoms with van der Waals surface area (Å²) >= 11 is 0. The van der Waals surface area contributed by atoms with E-state index in [9.17, 15) is 13.2 Å². The molecule has 2 aliphatic rings. The molecule has 2 aliphatic heterocycles. The highest BCUT2D eigenvalue weighted by Gasteiger charge is 2.28. The Hall–Kier alpha value is -2.27. The molecular weight excluding hydrogens is 377 g/mol. The minimum atomic E-state index is -1.04. The number of hydrogen-bond donors (Lipinski definition) is 0. The Labute approximate surface area is 169 Å². The second-order valence-corrected chi connectivity index (χ2v) is 7.94. The van der Waals surface area contributed by atoms with Crippen LogP contribution in [-0.4, -0.2) is 12.7 Å². The van der Waals surface area contributed by atoms with E-state index < -0.39 is 17.5 Å². The molecule has 0 bridgehead atoms. The summed E-state index contributed by atoms with van der Waals surface area (Å²) < 4.78 is 55.0. The van der Waals surface area contributed by atoms with Gasteiger partial charge in [0.05, 0.1) is 12.7 Å². The SMILES string of the molecule is CCCC1CC=C(CCc2cc3c(c(F)c2F)Oc2c(ccc(C)c2F)C3)CO1. The van der Waals surface area contributed by atoms with Gasteiger partial charge < -0.3 is 9.47 Å². The first-order chi connectivity index (χ1) is 14.0. The van der Waals surface area contributed by atoms with E-state index >= 15 is 0 Å². The molecule has 0 spiro atoms. The second kappa shape index (κ2) is 8.23. The van der Waals surface area contributed by atoms with Gasteiger partial charge in [-0.1, -0.05) is 31.6 Å². The summed E-state index contributed by atoms with van der Waals surface area (Å²) in [7, 11) is 0. The van der Waals surface area contributed by atoms with Crippen molar-refractivity contribution in [3.63, 3.8) is 0 Å². The first kappa shape index (κ1) is 20.0. The second-order valence-electron chi connectivity index (χ2n) is 7.94. The van der Waals surface area contributed by atoms with Crippen molar-refractivity contribution >= 4 is 0 Å². The highest BCUT2D eigenvalue weighted by Crippen LogP contribution is 2.42. The molecule has 2 aromatic carbocycles. The molecule has 0 radical (unpaired) electrons. The van der Waals surface area contributed by atoms with Crippen molar-refractivity contribution in [2.24, 2.45) is 0 Å². The molecular formula is C24H25F3O2. The standard InChI is InChI=1S/C24H25F3O2/c1-3-4-19-10-7-15(13-28-19)6-9-16-11-18-12-17-8-5-14(2)20(25)23(17)29-24(18)22(27)21(16)26/h5,7-8,11,19H,3-4,6,9-10,12-13H2,1-2H3. The lowest BCUT2D eigenvalue weighted by Gasteiger charge is -2.24. The lowest BCUT2D eigenvalue weighted by atomic mass is 9.94. The van der Waals surface area contributed by atoms with Crippen molar-refractivity contribution in [1.82, 2.24) is 0 Å². The Morgan fingerprint density at radius 2 is 1.79 bits per heavy atom. The van der Waals surface area contributed by atoms with Gasteiger partial charge in [-0.05, 0) is 55.4 Å². The van der Waals surface area contributed by atoms with Crippen LogP contribution in [0.15, 0.2) is 29.8 Å². The van der Waals surface area contributed by atoms with E-state index in [-0.39, 0.29) is 17.6 Å². The molecule has 4 rings (SSSR count). The van der Waals surface area contributed by atoms with Crippen LogP contribution >= 0.6 is 0 Å². The maximum atomic E-state index is 14.7. The molecule has 0 amide bonds. The number of hydrogen-bond acceptors (Lipinski definition) is 2. The number of rotatable bonds is 5. The van der Waals surface area contributed by atoms with Crippen molar-refractivity contribution in [2.45, 2.75) is 58.5 Å². The summed E-state index contributed by atoms with van der Waals surface area (Å²) in [5, 5.41) is 0. The summed E-state index contributed by atoms with van der Waals surface area (Å²) in [5.74, 6) is -2.69. The molecule has 154 valence electrons. The summed E-state index contributed by atoms with van der Waals surface area (Å²) in [5.41, 5.74) is 3.04. The highest BCUT2D eigenvalue weighted by molar-refractivity contribution is 5.53. The van der Waals surface area contributed by atoms with E-state index in [0.717, 1.165) is 24.8 Å². The smallest absolute Gasteiger partial charge is 0.201 e. The maximum Gasteiger partial charge on any atom is 0.201 e. The quantitative estimate of drug-likeness (QED) is 0.450. The zero-order valence-electron chi connectivity index (χ0n) is 16.8. The van der Waals surface area contributed by atoms with Gasteiger partial charge >= 0.3 is 0 Å². The number of halogens is 3. The van der Waals surface area contributed by atoms with Crippen LogP contribution in [0.4, 0.5) is 13.2 Å². The fourth-order valence-electron chi connectivity index (χ4n) is 4.04. The van der Waals surface area contributed by atoms with Crippen LogP contribution in [0, 0.1) is 24.4 Å². The van der Waals surface area contributed by atoms with Crippen LogP contribution in [0.25, 0.3) is 0 Å². The van der Waals surface area contributed by atoms with Gasteiger partial charge in [-0.2, -0.15) is 4.39 Å². The molecule has 1 unspecified atom stereocenters. The number of benzene rings is 2. The van der Waals surface area contributed by atoms with Crippen LogP contribution in [-0.2, 0) is 17.6 Å². The van der Waals surface area contributed by atoms with Gasteiger partial charge in [0.25, 0.3) is 0 Å². The van der Waals surface area contributed by atoms with E-state index in [0.29, 0.717) is 48.1 Å². The van der Waals surface area contributed by atoms with Crippen LogP contribution in [0.3, 0.4) is 0 Å². The number of aryl methyl sites for hydroxylation is 2. The fourth-order valence-corrected chi connectivity index (χ4v) is 4.04. The van der Waals surface area contributed by atoms with E-state index in [1.165, 1.54) is 0 Å². The van der Waals surface area contributed by atoms with Gasteiger partial charge in [0, 0.05) is 17.5 Å². The maximum absolute atomic E-state index is 14.7. The van der Waals surface area contributed by atoms with E-state index in [4.69, 9.17) is 9.47 Å². The fraction of sp³-hybridized carbons (Fsp3) is 0.417. The molecule has 1 atom stereocenters. The summed E-state index contributed by atoms with van der Waals surface area (Å²) in [6.07, 6.45) is 6.76. The summed E-state index contributed by atoms with van der Waals surface area (Å²) in [6, 6.07) is 5.10. The average molecular weight is 402 g/mol. The molecule has 0 aromatic heterocycles. The molecule has 0 aliphatic carbocycles. The lowest BCUT2D eigenvalue weighted by Crippen LogP contribution is -2.18. The Morgan fingerprint density at radius 1 is 1.00 bits per heavy atom. The van der Waals surface area contributed by atoms with Gasteiger partial charge in [0.15, 0.2) is 23.1 Å². The molecule has 5 heteroatoms. The molecule has 2 nitrogen and oxygen atoms in total. The number of fused-ring (bicyclic) bond motifs is 2. The molecule has 0 fully saturated rings. The van der Waals surface area contributed by atoms with Crippen molar-refractivity contribution in [2.75, 3.05) is 6.61 Å². The molecule has 0 saturated carbocycles. The zero-order chi connectivity index (χ0) is 20.5. The highest BCUT2D eigenvalue weighted by atomic mass is 19.2. The van der Waals surface area contributed by atoms with Crippen molar-refractivity contribution in [3.05, 3.63) is 69.6 Å². The average Bonchev–Trinajstić information content (AvgIpc) is 2.73. The minimum Gasteiger partial charge on any atom is -0.450 e. The first-order valence-electron chi connectivity index (χ1n) is 10.2. The lowest BCUT2D eigenvalue weighted by molar-refractivity contribution is 0.0539. The van der Waals surface area contributed by atoms with Crippen LogP contribution in [0.2, 0.25) is 0 Å². The van der Waals surface area contributed by atoms with Crippen LogP contribution in [0.1, 0.15) is 54.9 Å². The Morgan fingerprint density at radius 3 is 2.52 bits per heavy atom. The van der Waals surface area contributed by atoms with E-state index in [1.54, 1.807) is 25.1 Å². The van der Waals surface area contributed by atoms with Crippen molar-refractivity contribution in [1.29, 1.82) is 0 Å². The predicted octanol–water partition coefficient (Wildman–Crippen LogP) is 6.56. The van der Waals surface area contributed by atoms with E-state index in [2.05, 4.69) is 13.0 Å². The summed E-state index contributed by atoms with van der Waals surface area (Å²) in [6.45, 7) is 4.30. The Balaban J connectivity index is 1.53. The normalized spacial score (nSPS) is 18.0. The van der Waals surface area contributed by atoms with Gasteiger partial charge in [0.2, 0.25) is 5.82 Å². The number of ether oxygens (including phenoxy) is 2. The van der Waals surface area contributed by atoms with E-state index in [1.807, 2.05) is 0 Å². The third kappa shape index (κ3) is 3.93. The molecule has 29 heavy (non-hydrogen) atoms. The van der Waals surface area contributed by atoms with Crippen molar-refractivity contribution in [3.8, 4) is 11.5 Å². The molecule has 2 aromatic rings. The molecule has 0 N–H and O–H groups in total. The first-order valence-corrected chi connectivity index (χ1v) is 10.2. The minimum absolute atomic E-state index is 0.00491.